The third kappa shape index (κ3) is 3.03. The average Bonchev–Trinajstić information content (AvgIpc) is 2.81. The molecule has 0 atom stereocenters. The number of hydrogen-bond acceptors (Lipinski definition) is 3. The number of nitrogens with zero attached hydrogens (tertiary/aromatic N) is 5. The Morgan fingerprint density at radius 3 is 2.63 bits per heavy atom. The summed E-state index contributed by atoms with van der Waals surface area (Å²) in [6, 6.07) is 4.23. The highest BCUT2D eigenvalue weighted by atomic mass is 19.1. The van der Waals surface area contributed by atoms with E-state index in [4.69, 9.17) is 17.2 Å². The molecule has 0 amide bonds. The van der Waals surface area contributed by atoms with Crippen LogP contribution in [0.25, 0.3) is 5.69 Å². The van der Waals surface area contributed by atoms with Crippen molar-refractivity contribution >= 4 is 17.6 Å². The van der Waals surface area contributed by atoms with Crippen LogP contribution in [0.15, 0.2) is 40.8 Å². The van der Waals surface area contributed by atoms with Gasteiger partial charge in [0, 0.05) is 6.07 Å². The van der Waals surface area contributed by atoms with Crippen LogP contribution in [0.5, 0.6) is 0 Å². The van der Waals surface area contributed by atoms with Crippen molar-refractivity contribution in [3.8, 4) is 5.69 Å². The second-order valence-corrected chi connectivity index (χ2v) is 3.48. The molecule has 8 nitrogen and oxygen atoms in total. The monoisotopic (exact) mass is 262 g/mol. The Bertz CT molecular complexity index is 627. The van der Waals surface area contributed by atoms with Gasteiger partial charge in [0.1, 0.15) is 18.3 Å². The van der Waals surface area contributed by atoms with Crippen LogP contribution in [0.4, 0.5) is 10.1 Å². The van der Waals surface area contributed by atoms with E-state index in [2.05, 4.69) is 20.1 Å². The van der Waals surface area contributed by atoms with Crippen molar-refractivity contribution in [1.82, 2.24) is 14.8 Å². The lowest BCUT2D eigenvalue weighted by molar-refractivity contribution is 0.611. The first-order chi connectivity index (χ1) is 9.06. The maximum absolute atomic E-state index is 13.8. The molecule has 0 spiro atoms. The van der Waals surface area contributed by atoms with Crippen molar-refractivity contribution in [2.45, 2.75) is 0 Å². The quantitative estimate of drug-likeness (QED) is 0.501. The van der Waals surface area contributed by atoms with Crippen LogP contribution in [0.3, 0.4) is 0 Å². The van der Waals surface area contributed by atoms with E-state index in [1.807, 2.05) is 0 Å². The standard InChI is InChI=1S/C10H11FN8/c11-7-3-6(17-10(14)18-9(12)13)1-2-8(7)19-5-15-4-16-19/h1-5H,(H6,12,13,14,17,18). The summed E-state index contributed by atoms with van der Waals surface area (Å²) in [4.78, 5) is 11.1. The van der Waals surface area contributed by atoms with Gasteiger partial charge >= 0.3 is 0 Å². The van der Waals surface area contributed by atoms with E-state index in [0.29, 0.717) is 0 Å². The van der Waals surface area contributed by atoms with E-state index in [9.17, 15) is 4.39 Å². The van der Waals surface area contributed by atoms with Crippen molar-refractivity contribution < 1.29 is 4.39 Å². The molecule has 0 aliphatic rings. The third-order valence-electron chi connectivity index (χ3n) is 2.08. The summed E-state index contributed by atoms with van der Waals surface area (Å²) in [7, 11) is 0. The maximum Gasteiger partial charge on any atom is 0.223 e. The summed E-state index contributed by atoms with van der Waals surface area (Å²) < 4.78 is 15.1. The Balaban J connectivity index is 2.32. The number of aromatic nitrogens is 3. The SMILES string of the molecule is NC(N)=NC(N)=Nc1ccc(-n2cncn2)c(F)c1. The van der Waals surface area contributed by atoms with Crippen LogP contribution in [0, 0.1) is 5.82 Å². The summed E-state index contributed by atoms with van der Waals surface area (Å²) in [6.07, 6.45) is 2.69. The van der Waals surface area contributed by atoms with Crippen molar-refractivity contribution in [2.24, 2.45) is 27.2 Å². The fraction of sp³-hybridized carbons (Fsp3) is 0. The van der Waals surface area contributed by atoms with Crippen molar-refractivity contribution in [2.75, 3.05) is 0 Å². The van der Waals surface area contributed by atoms with Crippen LogP contribution in [-0.4, -0.2) is 26.7 Å². The molecule has 9 heteroatoms. The second kappa shape index (κ2) is 5.12. The number of guanidine groups is 2. The van der Waals surface area contributed by atoms with Crippen LogP contribution < -0.4 is 17.2 Å². The van der Waals surface area contributed by atoms with Gasteiger partial charge in [-0.1, -0.05) is 0 Å². The lowest BCUT2D eigenvalue weighted by Crippen LogP contribution is -2.26. The molecule has 0 radical (unpaired) electrons. The predicted octanol–water partition coefficient (Wildman–Crippen LogP) is -0.374. The Labute approximate surface area is 107 Å². The minimum Gasteiger partial charge on any atom is -0.370 e. The molecule has 0 bridgehead atoms. The van der Waals surface area contributed by atoms with Crippen LogP contribution >= 0.6 is 0 Å². The second-order valence-electron chi connectivity index (χ2n) is 3.48. The molecule has 0 aliphatic heterocycles. The minimum absolute atomic E-state index is 0.159. The topological polar surface area (TPSA) is 133 Å². The highest BCUT2D eigenvalue weighted by molar-refractivity contribution is 5.93. The molecule has 0 saturated heterocycles. The largest absolute Gasteiger partial charge is 0.370 e. The van der Waals surface area contributed by atoms with Gasteiger partial charge in [-0.25, -0.2) is 19.0 Å². The zero-order valence-electron chi connectivity index (χ0n) is 9.73. The van der Waals surface area contributed by atoms with Crippen molar-refractivity contribution in [3.05, 3.63) is 36.7 Å². The van der Waals surface area contributed by atoms with Gasteiger partial charge in [0.25, 0.3) is 0 Å². The lowest BCUT2D eigenvalue weighted by Gasteiger charge is -2.03. The average molecular weight is 262 g/mol. The van der Waals surface area contributed by atoms with E-state index in [1.54, 1.807) is 6.07 Å². The molecular formula is C10H11FN8. The number of hydrogen-bond donors (Lipinski definition) is 3. The molecule has 1 heterocycles. The number of benzene rings is 1. The van der Waals surface area contributed by atoms with E-state index in [1.165, 1.54) is 29.5 Å². The van der Waals surface area contributed by atoms with Gasteiger partial charge in [0.05, 0.1) is 5.69 Å². The fourth-order valence-electron chi connectivity index (χ4n) is 1.37. The van der Waals surface area contributed by atoms with Crippen LogP contribution in [0.2, 0.25) is 0 Å². The number of nitrogens with two attached hydrogens (primary N) is 3. The van der Waals surface area contributed by atoms with Crippen molar-refractivity contribution in [3.63, 3.8) is 0 Å². The number of halogens is 1. The zero-order valence-corrected chi connectivity index (χ0v) is 9.73. The first-order valence-corrected chi connectivity index (χ1v) is 5.14. The predicted molar refractivity (Wildman–Crippen MR) is 68.4 cm³/mol. The number of rotatable bonds is 2. The Morgan fingerprint density at radius 1 is 1.26 bits per heavy atom. The van der Waals surface area contributed by atoms with E-state index < -0.39 is 5.82 Å². The first kappa shape index (κ1) is 12.5. The Hall–Kier alpha value is -2.97. The minimum atomic E-state index is -0.524. The van der Waals surface area contributed by atoms with Gasteiger partial charge in [0.15, 0.2) is 11.8 Å². The Morgan fingerprint density at radius 2 is 2.05 bits per heavy atom. The van der Waals surface area contributed by atoms with E-state index in [0.717, 1.165) is 0 Å². The highest BCUT2D eigenvalue weighted by Crippen LogP contribution is 2.19. The van der Waals surface area contributed by atoms with Crippen molar-refractivity contribution in [1.29, 1.82) is 0 Å². The molecule has 0 saturated carbocycles. The van der Waals surface area contributed by atoms with Gasteiger partial charge in [-0.15, -0.1) is 0 Å². The molecule has 19 heavy (non-hydrogen) atoms. The molecule has 0 fully saturated rings. The van der Waals surface area contributed by atoms with E-state index >= 15 is 0 Å². The number of aliphatic imine (C=N–C) groups is 2. The molecule has 2 aromatic rings. The van der Waals surface area contributed by atoms with Gasteiger partial charge < -0.3 is 17.2 Å². The zero-order chi connectivity index (χ0) is 13.8. The molecule has 6 N–H and O–H groups in total. The first-order valence-electron chi connectivity index (χ1n) is 5.14. The summed E-state index contributed by atoms with van der Waals surface area (Å²) in [5.41, 5.74) is 16.2. The summed E-state index contributed by atoms with van der Waals surface area (Å²) in [6.45, 7) is 0. The molecule has 1 aromatic carbocycles. The molecular weight excluding hydrogens is 251 g/mol. The molecule has 0 aliphatic carbocycles. The Kier molecular flexibility index (Phi) is 3.37. The molecule has 98 valence electrons. The highest BCUT2D eigenvalue weighted by Gasteiger charge is 2.06. The van der Waals surface area contributed by atoms with Gasteiger partial charge in [-0.3, -0.25) is 0 Å². The summed E-state index contributed by atoms with van der Waals surface area (Å²) in [5, 5.41) is 3.83. The lowest BCUT2D eigenvalue weighted by atomic mass is 10.2. The van der Waals surface area contributed by atoms with Crippen LogP contribution in [-0.2, 0) is 0 Å². The molecule has 1 aromatic heterocycles. The summed E-state index contributed by atoms with van der Waals surface area (Å²) in [5.74, 6) is -0.905. The normalized spacial score (nSPS) is 11.3. The third-order valence-corrected chi connectivity index (χ3v) is 2.08. The smallest absolute Gasteiger partial charge is 0.223 e. The molecule has 0 unspecified atom stereocenters. The van der Waals surface area contributed by atoms with Crippen LogP contribution in [0.1, 0.15) is 0 Å². The summed E-state index contributed by atoms with van der Waals surface area (Å²) >= 11 is 0. The molecule has 2 rings (SSSR count). The van der Waals surface area contributed by atoms with Gasteiger partial charge in [-0.05, 0) is 12.1 Å². The maximum atomic E-state index is 13.8. The fourth-order valence-corrected chi connectivity index (χ4v) is 1.37. The van der Waals surface area contributed by atoms with Gasteiger partial charge in [-0.2, -0.15) is 10.1 Å². The van der Waals surface area contributed by atoms with Gasteiger partial charge in [0.2, 0.25) is 5.96 Å². The van der Waals surface area contributed by atoms with E-state index in [-0.39, 0.29) is 23.3 Å².